The van der Waals surface area contributed by atoms with E-state index in [9.17, 15) is 39.9 Å². The van der Waals surface area contributed by atoms with E-state index in [-0.39, 0.29) is 22.8 Å². The molecule has 1 amide bonds. The van der Waals surface area contributed by atoms with E-state index in [2.05, 4.69) is 0 Å². The quantitative estimate of drug-likeness (QED) is 0.254. The Bertz CT molecular complexity index is 1340. The van der Waals surface area contributed by atoms with Crippen LogP contribution in [0, 0.1) is 11.8 Å². The highest BCUT2D eigenvalue weighted by atomic mass is 16.4. The maximum atomic E-state index is 14.0. The molecule has 0 spiro atoms. The Kier molecular flexibility index (Phi) is 5.63. The molecule has 0 heterocycles. The minimum Gasteiger partial charge on any atom is -0.508 e. The lowest BCUT2D eigenvalue weighted by Crippen LogP contribution is -2.70. The fourth-order valence-electron chi connectivity index (χ4n) is 6.82. The number of phenols is 1. The number of benzene rings is 1. The van der Waals surface area contributed by atoms with Gasteiger partial charge in [0.15, 0.2) is 11.4 Å². The van der Waals surface area contributed by atoms with Crippen molar-refractivity contribution in [2.24, 2.45) is 17.6 Å². The third-order valence-corrected chi connectivity index (χ3v) is 8.57. The van der Waals surface area contributed by atoms with Gasteiger partial charge in [-0.25, -0.2) is 0 Å². The number of likely N-dealkylation sites (N-methyl/N-ethyl adjacent to an activating group) is 1. The van der Waals surface area contributed by atoms with E-state index in [1.165, 1.54) is 19.0 Å². The van der Waals surface area contributed by atoms with Gasteiger partial charge in [0.2, 0.25) is 5.78 Å². The molecule has 0 bridgehead atoms. The molecule has 0 radical (unpaired) electrons. The Balaban J connectivity index is 1.77. The zero-order valence-corrected chi connectivity index (χ0v) is 20.7. The molecule has 196 valence electrons. The third kappa shape index (κ3) is 3.12. The molecule has 7 N–H and O–H groups in total. The Morgan fingerprint density at radius 2 is 1.78 bits per heavy atom. The Labute approximate surface area is 213 Å². The number of aromatic hydroxyl groups is 1. The maximum absolute atomic E-state index is 14.0. The molecular formula is C27H30N2O8. The number of allylic oxidation sites excluding steroid dienone is 2. The molecule has 0 aliphatic heterocycles. The van der Waals surface area contributed by atoms with Crippen molar-refractivity contribution in [3.63, 3.8) is 0 Å². The van der Waals surface area contributed by atoms with E-state index >= 15 is 0 Å². The summed E-state index contributed by atoms with van der Waals surface area (Å²) in [6.45, 7) is 1.71. The summed E-state index contributed by atoms with van der Waals surface area (Å²) in [5.41, 5.74) is 2.19. The van der Waals surface area contributed by atoms with Crippen LogP contribution in [0.15, 0.2) is 41.2 Å². The van der Waals surface area contributed by atoms with Crippen LogP contribution in [0.3, 0.4) is 0 Å². The van der Waals surface area contributed by atoms with Crippen molar-refractivity contribution in [1.82, 2.24) is 4.90 Å². The molecule has 10 heteroatoms. The van der Waals surface area contributed by atoms with Gasteiger partial charge in [-0.1, -0.05) is 31.2 Å². The van der Waals surface area contributed by atoms with Crippen molar-refractivity contribution in [2.45, 2.75) is 49.3 Å². The van der Waals surface area contributed by atoms with Crippen molar-refractivity contribution < 1.29 is 39.9 Å². The lowest BCUT2D eigenvalue weighted by Gasteiger charge is -2.53. The van der Waals surface area contributed by atoms with E-state index in [0.29, 0.717) is 11.1 Å². The number of Topliss-reactive ketones (excluding diaryl/α,β-unsaturated/α-hetero) is 2. The zero-order chi connectivity index (χ0) is 27.1. The molecule has 5 unspecified atom stereocenters. The topological polar surface area (TPSA) is 182 Å². The SMILES string of the molecule is CC1c2ccc(C3C=CCC3)c(O)c2C(O)=C2C(=O)[C@]3(O)C(O)=C(C(N)=O)C(=O)[C@@H](N(C)C)C3C(O)C21. The molecule has 7 atom stereocenters. The molecule has 4 aliphatic rings. The van der Waals surface area contributed by atoms with Crippen LogP contribution in [0.2, 0.25) is 0 Å². The van der Waals surface area contributed by atoms with E-state index in [1.807, 2.05) is 12.2 Å². The number of amides is 1. The van der Waals surface area contributed by atoms with Crippen molar-refractivity contribution >= 4 is 23.2 Å². The second kappa shape index (κ2) is 8.27. The highest BCUT2D eigenvalue weighted by Gasteiger charge is 2.68. The summed E-state index contributed by atoms with van der Waals surface area (Å²) in [5, 5.41) is 56.9. The fraction of sp³-hybridized carbons (Fsp3) is 0.444. The second-order valence-corrected chi connectivity index (χ2v) is 10.6. The summed E-state index contributed by atoms with van der Waals surface area (Å²) < 4.78 is 0. The normalized spacial score (nSPS) is 35.1. The molecule has 10 nitrogen and oxygen atoms in total. The van der Waals surface area contributed by atoms with E-state index in [1.54, 1.807) is 19.1 Å². The van der Waals surface area contributed by atoms with Gasteiger partial charge in [0.25, 0.3) is 5.91 Å². The van der Waals surface area contributed by atoms with Crippen LogP contribution in [0.5, 0.6) is 5.75 Å². The van der Waals surface area contributed by atoms with Gasteiger partial charge in [-0.15, -0.1) is 0 Å². The smallest absolute Gasteiger partial charge is 0.255 e. The van der Waals surface area contributed by atoms with Crippen molar-refractivity contribution in [3.05, 3.63) is 57.9 Å². The Morgan fingerprint density at radius 3 is 2.35 bits per heavy atom. The number of primary amides is 1. The molecular weight excluding hydrogens is 480 g/mol. The predicted octanol–water partition coefficient (Wildman–Crippen LogP) is 0.929. The van der Waals surface area contributed by atoms with Gasteiger partial charge in [0.05, 0.1) is 23.6 Å². The summed E-state index contributed by atoms with van der Waals surface area (Å²) in [5.74, 6) is -8.83. The molecule has 1 saturated carbocycles. The van der Waals surface area contributed by atoms with Gasteiger partial charge in [0, 0.05) is 23.0 Å². The number of phenolic OH excluding ortho intramolecular Hbond substituents is 1. The summed E-state index contributed by atoms with van der Waals surface area (Å²) in [7, 11) is 2.95. The van der Waals surface area contributed by atoms with Crippen LogP contribution in [-0.4, -0.2) is 79.7 Å². The van der Waals surface area contributed by atoms with Gasteiger partial charge in [-0.05, 0) is 38.4 Å². The minimum absolute atomic E-state index is 0.0220. The maximum Gasteiger partial charge on any atom is 0.255 e. The minimum atomic E-state index is -2.91. The molecule has 37 heavy (non-hydrogen) atoms. The molecule has 1 aromatic rings. The van der Waals surface area contributed by atoms with Crippen LogP contribution < -0.4 is 5.73 Å². The highest BCUT2D eigenvalue weighted by molar-refractivity contribution is 6.24. The number of carbonyl (C=O) groups is 3. The number of nitrogens with zero attached hydrogens (tertiary/aromatic N) is 1. The molecule has 0 saturated heterocycles. The zero-order valence-electron chi connectivity index (χ0n) is 20.7. The number of fused-ring (bicyclic) bond motifs is 3. The number of aliphatic hydroxyl groups excluding tert-OH is 3. The number of rotatable bonds is 3. The number of hydrogen-bond acceptors (Lipinski definition) is 9. The summed E-state index contributed by atoms with van der Waals surface area (Å²) in [4.78, 5) is 40.6. The number of nitrogens with two attached hydrogens (primary N) is 1. The lowest BCUT2D eigenvalue weighted by atomic mass is 9.54. The average Bonchev–Trinajstić information content (AvgIpc) is 3.35. The van der Waals surface area contributed by atoms with E-state index < -0.39 is 70.1 Å². The largest absolute Gasteiger partial charge is 0.508 e. The van der Waals surface area contributed by atoms with Crippen LogP contribution in [0.1, 0.15) is 48.3 Å². The molecule has 1 aromatic carbocycles. The number of ketones is 2. The fourth-order valence-corrected chi connectivity index (χ4v) is 6.82. The van der Waals surface area contributed by atoms with Gasteiger partial charge < -0.3 is 31.3 Å². The monoisotopic (exact) mass is 510 g/mol. The van der Waals surface area contributed by atoms with Gasteiger partial charge in [0.1, 0.15) is 22.8 Å². The van der Waals surface area contributed by atoms with Gasteiger partial charge in [-0.2, -0.15) is 0 Å². The Hall–Kier alpha value is -3.47. The first-order valence-electron chi connectivity index (χ1n) is 12.2. The van der Waals surface area contributed by atoms with E-state index in [4.69, 9.17) is 5.73 Å². The van der Waals surface area contributed by atoms with Crippen LogP contribution in [0.4, 0.5) is 0 Å². The lowest BCUT2D eigenvalue weighted by molar-refractivity contribution is -0.169. The number of hydrogen-bond donors (Lipinski definition) is 6. The molecule has 4 aliphatic carbocycles. The van der Waals surface area contributed by atoms with Crippen molar-refractivity contribution in [1.29, 1.82) is 0 Å². The first-order chi connectivity index (χ1) is 17.3. The molecule has 5 rings (SSSR count). The summed E-state index contributed by atoms with van der Waals surface area (Å²) in [6, 6.07) is 2.13. The van der Waals surface area contributed by atoms with Crippen LogP contribution >= 0.6 is 0 Å². The Morgan fingerprint density at radius 1 is 1.14 bits per heavy atom. The standard InChI is InChI=1S/C27H30N2O8/c1-10-12-8-9-13(11-6-4-5-7-11)20(30)15(12)21(31)16-14(10)22(32)18-19(29(2)3)23(33)17(26(28)36)25(35)27(18,37)24(16)34/h4,6,8-11,14,18-19,22,30-32,35,37H,5,7H2,1-3H3,(H2,28,36)/t10?,11?,14?,18?,19-,22?,27-/m0/s1. The molecule has 1 fully saturated rings. The number of carbonyl (C=O) groups excluding carboxylic acids is 3. The highest BCUT2D eigenvalue weighted by Crippen LogP contribution is 2.56. The summed E-state index contributed by atoms with van der Waals surface area (Å²) in [6.07, 6.45) is 3.96. The van der Waals surface area contributed by atoms with Gasteiger partial charge in [-0.3, -0.25) is 19.3 Å². The second-order valence-electron chi connectivity index (χ2n) is 10.6. The first-order valence-corrected chi connectivity index (χ1v) is 12.2. The third-order valence-electron chi connectivity index (χ3n) is 8.57. The average molecular weight is 511 g/mol. The van der Waals surface area contributed by atoms with Gasteiger partial charge >= 0.3 is 0 Å². The summed E-state index contributed by atoms with van der Waals surface area (Å²) >= 11 is 0. The molecule has 0 aromatic heterocycles. The number of aliphatic hydroxyl groups is 4. The van der Waals surface area contributed by atoms with Crippen molar-refractivity contribution in [2.75, 3.05) is 14.1 Å². The van der Waals surface area contributed by atoms with Crippen molar-refractivity contribution in [3.8, 4) is 5.75 Å². The van der Waals surface area contributed by atoms with Crippen LogP contribution in [-0.2, 0) is 14.4 Å². The van der Waals surface area contributed by atoms with Crippen LogP contribution in [0.25, 0.3) is 5.76 Å². The predicted molar refractivity (Wildman–Crippen MR) is 131 cm³/mol. The first kappa shape index (κ1) is 25.2. The van der Waals surface area contributed by atoms with E-state index in [0.717, 1.165) is 12.8 Å².